The molecular formula is C9H11. The van der Waals surface area contributed by atoms with E-state index >= 15 is 0 Å². The van der Waals surface area contributed by atoms with E-state index in [1.165, 1.54) is 12.8 Å². The highest BCUT2D eigenvalue weighted by molar-refractivity contribution is 4.96. The van der Waals surface area contributed by atoms with Crippen molar-refractivity contribution in [1.29, 1.82) is 0 Å². The molecule has 0 heterocycles. The Labute approximate surface area is 57.0 Å². The van der Waals surface area contributed by atoms with Crippen LogP contribution in [0.4, 0.5) is 0 Å². The molecule has 1 atom stereocenters. The third kappa shape index (κ3) is 1.93. The molecule has 0 amide bonds. The van der Waals surface area contributed by atoms with Crippen LogP contribution in [0.15, 0.2) is 6.08 Å². The Bertz CT molecular complexity index is 137. The molecule has 0 aliphatic heterocycles. The maximum atomic E-state index is 5.16. The van der Waals surface area contributed by atoms with Crippen molar-refractivity contribution in [3.8, 4) is 12.3 Å². The molecule has 0 bridgehead atoms. The molecule has 1 aliphatic rings. The molecule has 0 spiro atoms. The molecule has 0 nitrogen and oxygen atoms in total. The van der Waals surface area contributed by atoms with Gasteiger partial charge in [0.1, 0.15) is 0 Å². The lowest BCUT2D eigenvalue weighted by Crippen LogP contribution is -1.98. The molecule has 1 unspecified atom stereocenters. The Morgan fingerprint density at radius 3 is 3.22 bits per heavy atom. The summed E-state index contributed by atoms with van der Waals surface area (Å²) in [6, 6.07) is 0. The first-order valence-corrected chi connectivity index (χ1v) is 3.43. The summed E-state index contributed by atoms with van der Waals surface area (Å²) >= 11 is 0. The highest BCUT2D eigenvalue weighted by Gasteiger charge is 2.05. The van der Waals surface area contributed by atoms with E-state index in [0.717, 1.165) is 12.8 Å². The summed E-state index contributed by atoms with van der Waals surface area (Å²) in [5.41, 5.74) is 0. The van der Waals surface area contributed by atoms with Gasteiger partial charge in [0, 0.05) is 6.42 Å². The van der Waals surface area contributed by atoms with Gasteiger partial charge in [0.2, 0.25) is 0 Å². The molecule has 0 saturated heterocycles. The fraction of sp³-hybridized carbons (Fsp3) is 0.556. The third-order valence-corrected chi connectivity index (χ3v) is 1.63. The van der Waals surface area contributed by atoms with Crippen molar-refractivity contribution >= 4 is 0 Å². The van der Waals surface area contributed by atoms with E-state index in [4.69, 9.17) is 6.42 Å². The molecule has 0 saturated carbocycles. The molecule has 0 aromatic carbocycles. The summed E-state index contributed by atoms with van der Waals surface area (Å²) in [5.74, 6) is 3.29. The zero-order valence-electron chi connectivity index (χ0n) is 5.56. The van der Waals surface area contributed by atoms with Gasteiger partial charge in [0.15, 0.2) is 0 Å². The topological polar surface area (TPSA) is 0 Å². The second-order valence-electron chi connectivity index (χ2n) is 2.43. The molecular weight excluding hydrogens is 108 g/mol. The Morgan fingerprint density at radius 1 is 1.78 bits per heavy atom. The van der Waals surface area contributed by atoms with Gasteiger partial charge in [-0.15, -0.1) is 12.3 Å². The van der Waals surface area contributed by atoms with E-state index in [9.17, 15) is 0 Å². The molecule has 0 fully saturated rings. The van der Waals surface area contributed by atoms with Gasteiger partial charge in [-0.1, -0.05) is 6.08 Å². The van der Waals surface area contributed by atoms with Crippen molar-refractivity contribution in [2.24, 2.45) is 5.92 Å². The summed E-state index contributed by atoms with van der Waals surface area (Å²) in [5, 5.41) is 0. The first-order valence-electron chi connectivity index (χ1n) is 3.43. The first-order chi connectivity index (χ1) is 4.43. The van der Waals surface area contributed by atoms with Gasteiger partial charge < -0.3 is 0 Å². The molecule has 0 heteroatoms. The van der Waals surface area contributed by atoms with Gasteiger partial charge in [-0.3, -0.25) is 0 Å². The Balaban J connectivity index is 2.33. The number of terminal acetylenes is 1. The van der Waals surface area contributed by atoms with Crippen LogP contribution < -0.4 is 0 Å². The van der Waals surface area contributed by atoms with Crippen molar-refractivity contribution in [2.75, 3.05) is 0 Å². The van der Waals surface area contributed by atoms with Crippen molar-refractivity contribution in [3.05, 3.63) is 12.2 Å². The summed E-state index contributed by atoms with van der Waals surface area (Å²) in [6.45, 7) is 0. The largest absolute Gasteiger partial charge is 0.120 e. The van der Waals surface area contributed by atoms with E-state index in [2.05, 4.69) is 18.1 Å². The van der Waals surface area contributed by atoms with Gasteiger partial charge in [-0.05, 0) is 31.3 Å². The van der Waals surface area contributed by atoms with E-state index < -0.39 is 0 Å². The summed E-state index contributed by atoms with van der Waals surface area (Å²) in [4.78, 5) is 0. The SMILES string of the molecule is C#CCC1C=[C]CCC1. The predicted octanol–water partition coefficient (Wildman–Crippen LogP) is 2.17. The maximum absolute atomic E-state index is 5.16. The summed E-state index contributed by atoms with van der Waals surface area (Å²) < 4.78 is 0. The normalized spacial score (nSPS) is 25.4. The molecule has 1 rings (SSSR count). The van der Waals surface area contributed by atoms with Crippen LogP contribution in [0.5, 0.6) is 0 Å². The highest BCUT2D eigenvalue weighted by Crippen LogP contribution is 2.18. The fourth-order valence-electron chi connectivity index (χ4n) is 1.11. The average molecular weight is 119 g/mol. The summed E-state index contributed by atoms with van der Waals surface area (Å²) in [7, 11) is 0. The van der Waals surface area contributed by atoms with Crippen LogP contribution in [0.2, 0.25) is 0 Å². The molecule has 9 heavy (non-hydrogen) atoms. The van der Waals surface area contributed by atoms with Crippen molar-refractivity contribution < 1.29 is 0 Å². The second-order valence-corrected chi connectivity index (χ2v) is 2.43. The van der Waals surface area contributed by atoms with E-state index in [1.54, 1.807) is 0 Å². The molecule has 0 aromatic rings. The van der Waals surface area contributed by atoms with Gasteiger partial charge in [0.25, 0.3) is 0 Å². The van der Waals surface area contributed by atoms with E-state index in [-0.39, 0.29) is 0 Å². The molecule has 0 N–H and O–H groups in total. The molecule has 0 aromatic heterocycles. The minimum atomic E-state index is 0.628. The van der Waals surface area contributed by atoms with Gasteiger partial charge in [-0.2, -0.15) is 0 Å². The van der Waals surface area contributed by atoms with Crippen LogP contribution in [0, 0.1) is 24.3 Å². The van der Waals surface area contributed by atoms with Gasteiger partial charge in [0.05, 0.1) is 0 Å². The monoisotopic (exact) mass is 119 g/mol. The Morgan fingerprint density at radius 2 is 2.67 bits per heavy atom. The van der Waals surface area contributed by atoms with Crippen molar-refractivity contribution in [2.45, 2.75) is 25.7 Å². The minimum absolute atomic E-state index is 0.628. The molecule has 1 radical (unpaired) electrons. The lowest BCUT2D eigenvalue weighted by atomic mass is 9.94. The van der Waals surface area contributed by atoms with Gasteiger partial charge >= 0.3 is 0 Å². The van der Waals surface area contributed by atoms with Crippen LogP contribution in [0.1, 0.15) is 25.7 Å². The van der Waals surface area contributed by atoms with Crippen LogP contribution in [0.25, 0.3) is 0 Å². The highest BCUT2D eigenvalue weighted by atomic mass is 14.1. The number of allylic oxidation sites excluding steroid dienone is 2. The predicted molar refractivity (Wildman–Crippen MR) is 38.6 cm³/mol. The maximum Gasteiger partial charge on any atom is 0.0149 e. The van der Waals surface area contributed by atoms with Crippen molar-refractivity contribution in [1.82, 2.24) is 0 Å². The summed E-state index contributed by atoms with van der Waals surface area (Å²) in [6.07, 6.45) is 15.0. The van der Waals surface area contributed by atoms with E-state index in [1.807, 2.05) is 0 Å². The number of rotatable bonds is 1. The van der Waals surface area contributed by atoms with E-state index in [0.29, 0.717) is 5.92 Å². The van der Waals surface area contributed by atoms with Crippen LogP contribution in [-0.4, -0.2) is 0 Å². The zero-order chi connectivity index (χ0) is 6.53. The van der Waals surface area contributed by atoms with Gasteiger partial charge in [-0.25, -0.2) is 0 Å². The number of hydrogen-bond acceptors (Lipinski definition) is 0. The lowest BCUT2D eigenvalue weighted by Gasteiger charge is -2.11. The van der Waals surface area contributed by atoms with Crippen molar-refractivity contribution in [3.63, 3.8) is 0 Å². The first kappa shape index (κ1) is 6.42. The fourth-order valence-corrected chi connectivity index (χ4v) is 1.11. The average Bonchev–Trinajstić information content (AvgIpc) is 1.91. The zero-order valence-corrected chi connectivity index (χ0v) is 5.56. The lowest BCUT2D eigenvalue weighted by molar-refractivity contribution is 0.547. The second kappa shape index (κ2) is 3.35. The third-order valence-electron chi connectivity index (χ3n) is 1.63. The standard InChI is InChI=1S/C9H11/c1-2-6-9-7-4-3-5-8-9/h1,8-9H,3-4,6-7H2. The van der Waals surface area contributed by atoms with Crippen LogP contribution >= 0.6 is 0 Å². The number of hydrogen-bond donors (Lipinski definition) is 0. The minimum Gasteiger partial charge on any atom is -0.120 e. The van der Waals surface area contributed by atoms with Crippen LogP contribution in [-0.2, 0) is 0 Å². The Kier molecular flexibility index (Phi) is 2.39. The quantitative estimate of drug-likeness (QED) is 0.464. The Hall–Kier alpha value is -0.700. The molecule has 47 valence electrons. The smallest absolute Gasteiger partial charge is 0.0149 e. The van der Waals surface area contributed by atoms with Crippen LogP contribution in [0.3, 0.4) is 0 Å². The molecule has 1 aliphatic carbocycles.